The van der Waals surface area contributed by atoms with Gasteiger partial charge in [-0.05, 0) is 30.4 Å². The van der Waals surface area contributed by atoms with Crippen LogP contribution in [0.25, 0.3) is 0 Å². The maximum atomic E-state index is 13.0. The molecule has 1 aliphatic heterocycles. The summed E-state index contributed by atoms with van der Waals surface area (Å²) in [5.41, 5.74) is 2.11. The van der Waals surface area contributed by atoms with Gasteiger partial charge in [0.15, 0.2) is 5.76 Å². The largest absolute Gasteiger partial charge is 0.503 e. The SMILES string of the molecule is CCCCCN1C(=O)C(O)=C(C(=O)c2cccs2)C1c1cccc(C)c1. The Bertz CT molecular complexity index is 839. The number of Topliss-reactive ketones (excluding diaryl/α,β-unsaturated/α-hetero) is 1. The number of carbonyl (C=O) groups excluding carboxylic acids is 2. The summed E-state index contributed by atoms with van der Waals surface area (Å²) in [7, 11) is 0. The molecule has 5 heteroatoms. The maximum absolute atomic E-state index is 13.0. The minimum atomic E-state index is -0.533. The summed E-state index contributed by atoms with van der Waals surface area (Å²) in [6.45, 7) is 4.61. The van der Waals surface area contributed by atoms with Crippen LogP contribution in [-0.4, -0.2) is 28.2 Å². The van der Waals surface area contributed by atoms with Gasteiger partial charge in [0.1, 0.15) is 0 Å². The molecular formula is C21H23NO3S. The molecule has 0 aliphatic carbocycles. The highest BCUT2D eigenvalue weighted by Gasteiger charge is 2.43. The molecule has 0 spiro atoms. The molecule has 4 nitrogen and oxygen atoms in total. The summed E-state index contributed by atoms with van der Waals surface area (Å²) in [6, 6.07) is 10.8. The van der Waals surface area contributed by atoms with E-state index in [0.29, 0.717) is 11.4 Å². The Labute approximate surface area is 157 Å². The number of nitrogens with zero attached hydrogens (tertiary/aromatic N) is 1. The fourth-order valence-electron chi connectivity index (χ4n) is 3.38. The lowest BCUT2D eigenvalue weighted by Gasteiger charge is -2.27. The van der Waals surface area contributed by atoms with Crippen molar-refractivity contribution in [3.05, 3.63) is 69.1 Å². The number of aryl methyl sites for hydroxylation is 1. The van der Waals surface area contributed by atoms with E-state index in [2.05, 4.69) is 6.92 Å². The van der Waals surface area contributed by atoms with Crippen LogP contribution < -0.4 is 0 Å². The van der Waals surface area contributed by atoms with Crippen LogP contribution in [0.4, 0.5) is 0 Å². The van der Waals surface area contributed by atoms with Crippen molar-refractivity contribution in [3.8, 4) is 0 Å². The van der Waals surface area contributed by atoms with Gasteiger partial charge >= 0.3 is 0 Å². The zero-order valence-electron chi connectivity index (χ0n) is 15.1. The minimum absolute atomic E-state index is 0.194. The summed E-state index contributed by atoms with van der Waals surface area (Å²) in [4.78, 5) is 27.9. The number of thiophene rings is 1. The molecule has 1 aromatic carbocycles. The third-order valence-electron chi connectivity index (χ3n) is 4.65. The third-order valence-corrected chi connectivity index (χ3v) is 5.52. The summed E-state index contributed by atoms with van der Waals surface area (Å²) >= 11 is 1.32. The zero-order valence-corrected chi connectivity index (χ0v) is 15.9. The first-order chi connectivity index (χ1) is 12.5. The van der Waals surface area contributed by atoms with Crippen LogP contribution in [0.2, 0.25) is 0 Å². The molecular weight excluding hydrogens is 346 g/mol. The van der Waals surface area contributed by atoms with Crippen molar-refractivity contribution in [1.29, 1.82) is 0 Å². The van der Waals surface area contributed by atoms with Crippen molar-refractivity contribution < 1.29 is 14.7 Å². The number of unbranched alkanes of at least 4 members (excludes halogenated alkanes) is 2. The Morgan fingerprint density at radius 2 is 2.04 bits per heavy atom. The summed E-state index contributed by atoms with van der Waals surface area (Å²) in [6.07, 6.45) is 2.88. The Kier molecular flexibility index (Phi) is 5.57. The van der Waals surface area contributed by atoms with Gasteiger partial charge < -0.3 is 10.0 Å². The molecule has 26 heavy (non-hydrogen) atoms. The van der Waals surface area contributed by atoms with Crippen LogP contribution in [0.1, 0.15) is 53.0 Å². The molecule has 136 valence electrons. The number of aliphatic hydroxyl groups is 1. The van der Waals surface area contributed by atoms with Crippen LogP contribution >= 0.6 is 11.3 Å². The first kappa shape index (κ1) is 18.4. The molecule has 2 aromatic rings. The van der Waals surface area contributed by atoms with E-state index in [9.17, 15) is 14.7 Å². The van der Waals surface area contributed by atoms with E-state index in [0.717, 1.165) is 30.4 Å². The predicted octanol–water partition coefficient (Wildman–Crippen LogP) is 4.83. The van der Waals surface area contributed by atoms with Gasteiger partial charge in [-0.25, -0.2) is 0 Å². The molecule has 1 atom stereocenters. The van der Waals surface area contributed by atoms with Crippen molar-refractivity contribution in [2.45, 2.75) is 39.2 Å². The van der Waals surface area contributed by atoms with Crippen LogP contribution in [0, 0.1) is 6.92 Å². The second-order valence-electron chi connectivity index (χ2n) is 6.59. The molecule has 0 saturated heterocycles. The second-order valence-corrected chi connectivity index (χ2v) is 7.54. The Hall–Kier alpha value is -2.40. The van der Waals surface area contributed by atoms with Gasteiger partial charge in [0, 0.05) is 6.54 Å². The van der Waals surface area contributed by atoms with Crippen LogP contribution in [0.3, 0.4) is 0 Å². The van der Waals surface area contributed by atoms with Crippen molar-refractivity contribution >= 4 is 23.0 Å². The van der Waals surface area contributed by atoms with E-state index in [4.69, 9.17) is 0 Å². The number of amides is 1. The molecule has 1 aliphatic rings. The number of hydrogen-bond acceptors (Lipinski definition) is 4. The standard InChI is InChI=1S/C21H23NO3S/c1-3-4-5-11-22-18(15-9-6-8-14(2)13-15)17(20(24)21(22)25)19(23)16-10-7-12-26-16/h6-10,12-13,18,24H,3-5,11H2,1-2H3. The molecule has 3 rings (SSSR count). The zero-order chi connectivity index (χ0) is 18.7. The van der Waals surface area contributed by atoms with Crippen molar-refractivity contribution in [2.75, 3.05) is 6.54 Å². The molecule has 1 aromatic heterocycles. The Morgan fingerprint density at radius 3 is 2.69 bits per heavy atom. The topological polar surface area (TPSA) is 57.6 Å². The molecule has 2 heterocycles. The Balaban J connectivity index is 2.04. The molecule has 0 fully saturated rings. The van der Waals surface area contributed by atoms with Crippen molar-refractivity contribution in [2.24, 2.45) is 0 Å². The highest BCUT2D eigenvalue weighted by Crippen LogP contribution is 2.39. The van der Waals surface area contributed by atoms with Crippen LogP contribution in [0.5, 0.6) is 0 Å². The molecule has 1 N–H and O–H groups in total. The first-order valence-electron chi connectivity index (χ1n) is 8.93. The van der Waals surface area contributed by atoms with Gasteiger partial charge in [-0.1, -0.05) is 55.7 Å². The lowest BCUT2D eigenvalue weighted by atomic mass is 9.94. The van der Waals surface area contributed by atoms with E-state index in [1.54, 1.807) is 17.0 Å². The highest BCUT2D eigenvalue weighted by atomic mass is 32.1. The number of ketones is 1. The average Bonchev–Trinajstić information content (AvgIpc) is 3.24. The number of aliphatic hydroxyl groups excluding tert-OH is 1. The van der Waals surface area contributed by atoms with E-state index < -0.39 is 17.7 Å². The Morgan fingerprint density at radius 1 is 1.23 bits per heavy atom. The normalized spacial score (nSPS) is 17.2. The minimum Gasteiger partial charge on any atom is -0.503 e. The van der Waals surface area contributed by atoms with Crippen LogP contribution in [0.15, 0.2) is 53.1 Å². The molecule has 1 amide bonds. The van der Waals surface area contributed by atoms with Crippen LogP contribution in [-0.2, 0) is 4.79 Å². The van der Waals surface area contributed by atoms with Gasteiger partial charge in [0.25, 0.3) is 5.91 Å². The van der Waals surface area contributed by atoms with Gasteiger partial charge in [-0.3, -0.25) is 9.59 Å². The molecule has 0 saturated carbocycles. The number of benzene rings is 1. The van der Waals surface area contributed by atoms with Gasteiger partial charge in [-0.15, -0.1) is 11.3 Å². The first-order valence-corrected chi connectivity index (χ1v) is 9.81. The van der Waals surface area contributed by atoms with E-state index >= 15 is 0 Å². The smallest absolute Gasteiger partial charge is 0.290 e. The average molecular weight is 369 g/mol. The molecule has 1 unspecified atom stereocenters. The third kappa shape index (κ3) is 3.44. The molecule has 0 bridgehead atoms. The van der Waals surface area contributed by atoms with E-state index in [-0.39, 0.29) is 11.4 Å². The van der Waals surface area contributed by atoms with E-state index in [1.807, 2.05) is 36.6 Å². The summed E-state index contributed by atoms with van der Waals surface area (Å²) < 4.78 is 0. The van der Waals surface area contributed by atoms with Crippen molar-refractivity contribution in [1.82, 2.24) is 4.90 Å². The maximum Gasteiger partial charge on any atom is 0.290 e. The fourth-order valence-corrected chi connectivity index (χ4v) is 4.05. The molecule has 0 radical (unpaired) electrons. The summed E-state index contributed by atoms with van der Waals surface area (Å²) in [5.74, 6) is -1.13. The van der Waals surface area contributed by atoms with Gasteiger partial charge in [0.2, 0.25) is 5.78 Å². The quantitative estimate of drug-likeness (QED) is 0.562. The summed E-state index contributed by atoms with van der Waals surface area (Å²) in [5, 5.41) is 12.3. The predicted molar refractivity (Wildman–Crippen MR) is 103 cm³/mol. The van der Waals surface area contributed by atoms with E-state index in [1.165, 1.54) is 11.3 Å². The number of carbonyl (C=O) groups is 2. The lowest BCUT2D eigenvalue weighted by molar-refractivity contribution is -0.129. The second kappa shape index (κ2) is 7.87. The van der Waals surface area contributed by atoms with Gasteiger partial charge in [-0.2, -0.15) is 0 Å². The lowest BCUT2D eigenvalue weighted by Crippen LogP contribution is -2.32. The number of rotatable bonds is 7. The highest BCUT2D eigenvalue weighted by molar-refractivity contribution is 7.12. The van der Waals surface area contributed by atoms with Crippen molar-refractivity contribution in [3.63, 3.8) is 0 Å². The monoisotopic (exact) mass is 369 g/mol. The van der Waals surface area contributed by atoms with Gasteiger partial charge in [0.05, 0.1) is 16.5 Å². The number of hydrogen-bond donors (Lipinski definition) is 1. The fraction of sp³-hybridized carbons (Fsp3) is 0.333.